The predicted octanol–water partition coefficient (Wildman–Crippen LogP) is 3.53. The summed E-state index contributed by atoms with van der Waals surface area (Å²) in [6, 6.07) is 9.58. The highest BCUT2D eigenvalue weighted by atomic mass is 32.2. The fraction of sp³-hybridized carbons (Fsp3) is 0.235. The molecule has 2 N–H and O–H groups in total. The molecule has 2 aromatic heterocycles. The maximum Gasteiger partial charge on any atom is 0.315 e. The molecule has 8 heteroatoms. The van der Waals surface area contributed by atoms with Crippen LogP contribution in [0.2, 0.25) is 0 Å². The topological polar surface area (TPSA) is 84.1 Å². The monoisotopic (exact) mass is 375 g/mol. The number of thioether (sulfide) groups is 1. The molecule has 2 heterocycles. The molecule has 0 aliphatic carbocycles. The van der Waals surface area contributed by atoms with Crippen LogP contribution < -0.4 is 5.32 Å². The van der Waals surface area contributed by atoms with Crippen molar-refractivity contribution in [2.75, 3.05) is 23.9 Å². The van der Waals surface area contributed by atoms with E-state index in [4.69, 9.17) is 0 Å². The van der Waals surface area contributed by atoms with Crippen molar-refractivity contribution in [1.82, 2.24) is 9.97 Å². The minimum atomic E-state index is -0.281. The maximum atomic E-state index is 12.0. The molecule has 6 nitrogen and oxygen atoms in total. The molecule has 0 atom stereocenters. The number of amides is 1. The molecule has 3 rings (SSSR count). The zero-order valence-electron chi connectivity index (χ0n) is 13.6. The summed E-state index contributed by atoms with van der Waals surface area (Å²) in [4.78, 5) is 31.9. The number of anilines is 1. The van der Waals surface area contributed by atoms with Crippen molar-refractivity contribution in [3.8, 4) is 10.7 Å². The SMILES string of the molecule is COC(=O)CSCCC(=O)Nc1ccc2nc(-c3cccs3)[nH]c2c1. The summed E-state index contributed by atoms with van der Waals surface area (Å²) in [6.45, 7) is 0. The predicted molar refractivity (Wildman–Crippen MR) is 102 cm³/mol. The number of nitrogens with zero attached hydrogens (tertiary/aromatic N) is 1. The van der Waals surface area contributed by atoms with Crippen LogP contribution in [0.15, 0.2) is 35.7 Å². The van der Waals surface area contributed by atoms with Gasteiger partial charge in [0.15, 0.2) is 0 Å². The first-order chi connectivity index (χ1) is 12.2. The van der Waals surface area contributed by atoms with Crippen molar-refractivity contribution in [2.45, 2.75) is 6.42 Å². The van der Waals surface area contributed by atoms with Crippen LogP contribution in [-0.4, -0.2) is 40.5 Å². The highest BCUT2D eigenvalue weighted by molar-refractivity contribution is 7.99. The molecule has 130 valence electrons. The molecule has 3 aromatic rings. The average molecular weight is 375 g/mol. The van der Waals surface area contributed by atoms with Gasteiger partial charge in [-0.3, -0.25) is 9.59 Å². The van der Waals surface area contributed by atoms with Crippen LogP contribution in [0.5, 0.6) is 0 Å². The van der Waals surface area contributed by atoms with E-state index in [0.29, 0.717) is 12.2 Å². The number of H-pyrrole nitrogens is 1. The van der Waals surface area contributed by atoms with Gasteiger partial charge in [-0.25, -0.2) is 4.98 Å². The Hall–Kier alpha value is -2.32. The number of aromatic amines is 1. The summed E-state index contributed by atoms with van der Waals surface area (Å²) in [5.41, 5.74) is 2.45. The van der Waals surface area contributed by atoms with Crippen LogP contribution in [0.1, 0.15) is 6.42 Å². The van der Waals surface area contributed by atoms with E-state index in [-0.39, 0.29) is 17.6 Å². The Labute approximate surface area is 153 Å². The summed E-state index contributed by atoms with van der Waals surface area (Å²) in [5, 5.41) is 4.87. The van der Waals surface area contributed by atoms with E-state index in [1.165, 1.54) is 18.9 Å². The lowest BCUT2D eigenvalue weighted by Crippen LogP contribution is -2.13. The molecular formula is C17H17N3O3S2. The Bertz CT molecular complexity index is 875. The summed E-state index contributed by atoms with van der Waals surface area (Å²) in [6.07, 6.45) is 0.336. The zero-order chi connectivity index (χ0) is 17.6. The Kier molecular flexibility index (Phi) is 5.72. The van der Waals surface area contributed by atoms with Crippen molar-refractivity contribution < 1.29 is 14.3 Å². The van der Waals surface area contributed by atoms with Crippen LogP contribution >= 0.6 is 23.1 Å². The first-order valence-corrected chi connectivity index (χ1v) is 9.67. The number of esters is 1. The molecule has 0 aliphatic heterocycles. The van der Waals surface area contributed by atoms with Gasteiger partial charge < -0.3 is 15.0 Å². The summed E-state index contributed by atoms with van der Waals surface area (Å²) < 4.78 is 4.55. The summed E-state index contributed by atoms with van der Waals surface area (Å²) in [5.74, 6) is 1.28. The third kappa shape index (κ3) is 4.61. The van der Waals surface area contributed by atoms with E-state index in [1.807, 2.05) is 35.7 Å². The number of methoxy groups -OCH3 is 1. The summed E-state index contributed by atoms with van der Waals surface area (Å²) in [7, 11) is 1.35. The van der Waals surface area contributed by atoms with E-state index in [2.05, 4.69) is 20.0 Å². The van der Waals surface area contributed by atoms with Gasteiger partial charge in [0.05, 0.1) is 28.8 Å². The Morgan fingerprint density at radius 2 is 2.24 bits per heavy atom. The highest BCUT2D eigenvalue weighted by Gasteiger charge is 2.09. The number of hydrogen-bond acceptors (Lipinski definition) is 6. The normalized spacial score (nSPS) is 10.8. The standard InChI is InChI=1S/C17H17N3O3S2/c1-23-16(22)10-24-8-6-15(21)18-11-4-5-12-13(9-11)20-17(19-12)14-3-2-7-25-14/h2-5,7,9H,6,8,10H2,1H3,(H,18,21)(H,19,20). The molecule has 0 aliphatic rings. The minimum absolute atomic E-state index is 0.0882. The minimum Gasteiger partial charge on any atom is -0.468 e. The fourth-order valence-electron chi connectivity index (χ4n) is 2.22. The Balaban J connectivity index is 1.58. The van der Waals surface area contributed by atoms with Gasteiger partial charge in [0.1, 0.15) is 5.82 Å². The molecule has 1 aromatic carbocycles. The largest absolute Gasteiger partial charge is 0.468 e. The number of thiophene rings is 1. The molecule has 25 heavy (non-hydrogen) atoms. The van der Waals surface area contributed by atoms with Crippen molar-refractivity contribution >= 4 is 51.7 Å². The molecule has 0 unspecified atom stereocenters. The van der Waals surface area contributed by atoms with Crippen molar-refractivity contribution in [3.63, 3.8) is 0 Å². The lowest BCUT2D eigenvalue weighted by Gasteiger charge is -2.05. The number of aromatic nitrogens is 2. The van der Waals surface area contributed by atoms with Gasteiger partial charge in [0, 0.05) is 17.9 Å². The fourth-order valence-corrected chi connectivity index (χ4v) is 3.65. The van der Waals surface area contributed by atoms with Gasteiger partial charge >= 0.3 is 5.97 Å². The highest BCUT2D eigenvalue weighted by Crippen LogP contribution is 2.26. The first-order valence-electron chi connectivity index (χ1n) is 7.64. The number of fused-ring (bicyclic) bond motifs is 1. The van der Waals surface area contributed by atoms with Crippen LogP contribution in [0, 0.1) is 0 Å². The van der Waals surface area contributed by atoms with E-state index in [0.717, 1.165) is 27.4 Å². The maximum absolute atomic E-state index is 12.0. The van der Waals surface area contributed by atoms with E-state index in [1.54, 1.807) is 11.3 Å². The second kappa shape index (κ2) is 8.17. The lowest BCUT2D eigenvalue weighted by atomic mass is 10.2. The van der Waals surface area contributed by atoms with Gasteiger partial charge in [-0.2, -0.15) is 0 Å². The van der Waals surface area contributed by atoms with Gasteiger partial charge in [-0.1, -0.05) is 6.07 Å². The van der Waals surface area contributed by atoms with Gasteiger partial charge in [0.25, 0.3) is 0 Å². The quantitative estimate of drug-likeness (QED) is 0.487. The van der Waals surface area contributed by atoms with Crippen molar-refractivity contribution in [1.29, 1.82) is 0 Å². The molecule has 0 radical (unpaired) electrons. The smallest absolute Gasteiger partial charge is 0.315 e. The number of benzene rings is 1. The van der Waals surface area contributed by atoms with E-state index in [9.17, 15) is 9.59 Å². The van der Waals surface area contributed by atoms with Crippen molar-refractivity contribution in [2.24, 2.45) is 0 Å². The number of nitrogens with one attached hydrogen (secondary N) is 2. The van der Waals surface area contributed by atoms with Crippen LogP contribution in [-0.2, 0) is 14.3 Å². The molecule has 0 fully saturated rings. The third-order valence-corrected chi connectivity index (χ3v) is 5.25. The van der Waals surface area contributed by atoms with E-state index >= 15 is 0 Å². The summed E-state index contributed by atoms with van der Waals surface area (Å²) >= 11 is 3.00. The first kappa shape index (κ1) is 17.5. The second-order valence-corrected chi connectivity index (χ2v) is 7.27. The number of ether oxygens (including phenoxy) is 1. The number of imidazole rings is 1. The Morgan fingerprint density at radius 1 is 1.36 bits per heavy atom. The van der Waals surface area contributed by atoms with Gasteiger partial charge in [0.2, 0.25) is 5.91 Å². The molecule has 0 saturated carbocycles. The van der Waals surface area contributed by atoms with Crippen LogP contribution in [0.4, 0.5) is 5.69 Å². The second-order valence-electron chi connectivity index (χ2n) is 5.22. The van der Waals surface area contributed by atoms with Gasteiger partial charge in [-0.05, 0) is 29.6 Å². The third-order valence-electron chi connectivity index (χ3n) is 3.44. The lowest BCUT2D eigenvalue weighted by molar-refractivity contribution is -0.137. The van der Waals surface area contributed by atoms with Gasteiger partial charge in [-0.15, -0.1) is 23.1 Å². The average Bonchev–Trinajstić information content (AvgIpc) is 3.27. The van der Waals surface area contributed by atoms with Crippen LogP contribution in [0.3, 0.4) is 0 Å². The molecular weight excluding hydrogens is 358 g/mol. The number of carbonyl (C=O) groups excluding carboxylic acids is 2. The zero-order valence-corrected chi connectivity index (χ0v) is 15.2. The van der Waals surface area contributed by atoms with E-state index < -0.39 is 0 Å². The number of hydrogen-bond donors (Lipinski definition) is 2. The molecule has 0 saturated heterocycles. The number of carbonyl (C=O) groups is 2. The number of rotatable bonds is 7. The molecule has 0 spiro atoms. The molecule has 0 bridgehead atoms. The van der Waals surface area contributed by atoms with Crippen LogP contribution in [0.25, 0.3) is 21.7 Å². The Morgan fingerprint density at radius 3 is 3.00 bits per heavy atom. The van der Waals surface area contributed by atoms with Crippen molar-refractivity contribution in [3.05, 3.63) is 35.7 Å². The molecule has 1 amide bonds.